The molecule has 0 spiro atoms. The van der Waals surface area contributed by atoms with Gasteiger partial charge in [-0.1, -0.05) is 46.2 Å². The van der Waals surface area contributed by atoms with Crippen LogP contribution in [0.4, 0.5) is 0 Å². The number of hydrogen-bond acceptors (Lipinski definition) is 7. The molecular weight excluding hydrogens is 384 g/mol. The molecule has 0 amide bonds. The molecule has 27 heavy (non-hydrogen) atoms. The number of halogens is 1. The van der Waals surface area contributed by atoms with Gasteiger partial charge in [0.1, 0.15) is 0 Å². The molecule has 2 aromatic heterocycles. The minimum absolute atomic E-state index is 0.464. The molecule has 9 heteroatoms. The maximum absolute atomic E-state index is 5.91. The molecule has 0 unspecified atom stereocenters. The van der Waals surface area contributed by atoms with Crippen molar-refractivity contribution < 1.29 is 4.52 Å². The third-order valence-electron chi connectivity index (χ3n) is 3.92. The molecule has 0 aliphatic carbocycles. The normalized spacial score (nSPS) is 11.1. The first-order chi connectivity index (χ1) is 13.1. The van der Waals surface area contributed by atoms with E-state index >= 15 is 0 Å². The van der Waals surface area contributed by atoms with Crippen LogP contribution in [0.3, 0.4) is 0 Å². The lowest BCUT2D eigenvalue weighted by Gasteiger charge is -2.07. The van der Waals surface area contributed by atoms with Crippen molar-refractivity contribution in [3.63, 3.8) is 0 Å². The van der Waals surface area contributed by atoms with Crippen molar-refractivity contribution >= 4 is 23.4 Å². The predicted molar refractivity (Wildman–Crippen MR) is 103 cm³/mol. The Hall–Kier alpha value is -2.71. The van der Waals surface area contributed by atoms with Gasteiger partial charge in [-0.15, -0.1) is 5.10 Å². The van der Waals surface area contributed by atoms with E-state index in [0.29, 0.717) is 27.6 Å². The average molecular weight is 399 g/mol. The minimum Gasteiger partial charge on any atom is -0.338 e. The Kier molecular flexibility index (Phi) is 4.91. The van der Waals surface area contributed by atoms with Crippen molar-refractivity contribution in [1.29, 1.82) is 0 Å². The SMILES string of the molecule is Cc1ccc(-n2nnnc2SCc2nc(-c3ccc(Cl)cc3)no2)c(C)c1. The summed E-state index contributed by atoms with van der Waals surface area (Å²) >= 11 is 7.34. The van der Waals surface area contributed by atoms with Gasteiger partial charge in [-0.05, 0) is 60.2 Å². The summed E-state index contributed by atoms with van der Waals surface area (Å²) in [5.74, 6) is 1.49. The topological polar surface area (TPSA) is 82.5 Å². The van der Waals surface area contributed by atoms with Crippen LogP contribution in [-0.4, -0.2) is 30.3 Å². The Labute approximate surface area is 164 Å². The quantitative estimate of drug-likeness (QED) is 0.464. The van der Waals surface area contributed by atoms with Crippen LogP contribution in [0.2, 0.25) is 5.02 Å². The number of thioether (sulfide) groups is 1. The second kappa shape index (κ2) is 7.50. The lowest BCUT2D eigenvalue weighted by Crippen LogP contribution is -2.02. The summed E-state index contributed by atoms with van der Waals surface area (Å²) in [6.07, 6.45) is 0. The van der Waals surface area contributed by atoms with Gasteiger partial charge in [0.25, 0.3) is 0 Å². The molecule has 0 N–H and O–H groups in total. The number of hydrogen-bond donors (Lipinski definition) is 0. The van der Waals surface area contributed by atoms with Gasteiger partial charge in [0.2, 0.25) is 16.9 Å². The molecule has 0 atom stereocenters. The standard InChI is InChI=1S/C18H15ClN6OS/c1-11-3-8-15(12(2)9-11)25-18(21-23-24-25)27-10-16-20-17(22-26-16)13-4-6-14(19)7-5-13/h3-9H,10H2,1-2H3. The summed E-state index contributed by atoms with van der Waals surface area (Å²) in [4.78, 5) is 4.42. The first kappa shape index (κ1) is 17.7. The highest BCUT2D eigenvalue weighted by atomic mass is 35.5. The predicted octanol–water partition coefficient (Wildman–Crippen LogP) is 4.27. The van der Waals surface area contributed by atoms with E-state index in [9.17, 15) is 0 Å². The maximum Gasteiger partial charge on any atom is 0.237 e. The van der Waals surface area contributed by atoms with Crippen molar-refractivity contribution in [1.82, 2.24) is 30.3 Å². The smallest absolute Gasteiger partial charge is 0.237 e. The van der Waals surface area contributed by atoms with Gasteiger partial charge in [-0.25, -0.2) is 0 Å². The van der Waals surface area contributed by atoms with Gasteiger partial charge in [-0.2, -0.15) is 9.67 Å². The number of nitrogens with zero attached hydrogens (tertiary/aromatic N) is 6. The lowest BCUT2D eigenvalue weighted by molar-refractivity contribution is 0.391. The molecule has 0 aliphatic rings. The molecular formula is C18H15ClN6OS. The van der Waals surface area contributed by atoms with Crippen molar-refractivity contribution in [2.24, 2.45) is 0 Å². The minimum atomic E-state index is 0.464. The molecule has 4 rings (SSSR count). The summed E-state index contributed by atoms with van der Waals surface area (Å²) < 4.78 is 7.06. The maximum atomic E-state index is 5.91. The first-order valence-electron chi connectivity index (χ1n) is 8.17. The van der Waals surface area contributed by atoms with E-state index in [-0.39, 0.29) is 0 Å². The summed E-state index contributed by atoms with van der Waals surface area (Å²) in [7, 11) is 0. The molecule has 0 radical (unpaired) electrons. The number of benzene rings is 2. The highest BCUT2D eigenvalue weighted by Crippen LogP contribution is 2.25. The summed E-state index contributed by atoms with van der Waals surface area (Å²) in [5, 5.41) is 17.4. The van der Waals surface area contributed by atoms with Crippen LogP contribution in [0.25, 0.3) is 17.1 Å². The third-order valence-corrected chi connectivity index (χ3v) is 5.07. The van der Waals surface area contributed by atoms with Gasteiger partial charge in [0, 0.05) is 10.6 Å². The summed E-state index contributed by atoms with van der Waals surface area (Å²) in [5.41, 5.74) is 4.09. The van der Waals surface area contributed by atoms with Crippen LogP contribution < -0.4 is 0 Å². The van der Waals surface area contributed by atoms with Gasteiger partial charge in [0.05, 0.1) is 11.4 Å². The van der Waals surface area contributed by atoms with Crippen molar-refractivity contribution in [3.05, 3.63) is 64.5 Å². The van der Waals surface area contributed by atoms with Crippen LogP contribution in [-0.2, 0) is 5.75 Å². The van der Waals surface area contributed by atoms with Crippen LogP contribution in [0.5, 0.6) is 0 Å². The molecule has 2 aromatic carbocycles. The second-order valence-electron chi connectivity index (χ2n) is 5.97. The molecule has 0 fully saturated rings. The van der Waals surface area contributed by atoms with Gasteiger partial charge in [-0.3, -0.25) is 0 Å². The lowest BCUT2D eigenvalue weighted by atomic mass is 10.1. The zero-order valence-corrected chi connectivity index (χ0v) is 16.2. The van der Waals surface area contributed by atoms with Crippen LogP contribution in [0.15, 0.2) is 52.1 Å². The van der Waals surface area contributed by atoms with E-state index in [4.69, 9.17) is 16.1 Å². The van der Waals surface area contributed by atoms with E-state index in [2.05, 4.69) is 38.7 Å². The Morgan fingerprint density at radius 3 is 2.70 bits per heavy atom. The van der Waals surface area contributed by atoms with Crippen molar-refractivity contribution in [2.45, 2.75) is 24.8 Å². The van der Waals surface area contributed by atoms with Crippen molar-refractivity contribution in [2.75, 3.05) is 0 Å². The van der Waals surface area contributed by atoms with E-state index in [1.165, 1.54) is 17.3 Å². The zero-order chi connectivity index (χ0) is 18.8. The number of tetrazole rings is 1. The zero-order valence-electron chi connectivity index (χ0n) is 14.6. The van der Waals surface area contributed by atoms with Gasteiger partial charge < -0.3 is 4.52 Å². The number of aromatic nitrogens is 6. The monoisotopic (exact) mass is 398 g/mol. The molecule has 0 saturated heterocycles. The molecule has 0 bridgehead atoms. The van der Waals surface area contributed by atoms with E-state index in [1.54, 1.807) is 16.8 Å². The molecule has 0 aliphatic heterocycles. The Morgan fingerprint density at radius 2 is 1.93 bits per heavy atom. The Morgan fingerprint density at radius 1 is 1.11 bits per heavy atom. The fraction of sp³-hybridized carbons (Fsp3) is 0.167. The molecule has 0 saturated carbocycles. The summed E-state index contributed by atoms with van der Waals surface area (Å²) in [6.45, 7) is 4.09. The molecule has 7 nitrogen and oxygen atoms in total. The van der Waals surface area contributed by atoms with Gasteiger partial charge >= 0.3 is 0 Å². The highest BCUT2D eigenvalue weighted by molar-refractivity contribution is 7.98. The Bertz CT molecular complexity index is 1080. The average Bonchev–Trinajstić information content (AvgIpc) is 3.30. The van der Waals surface area contributed by atoms with E-state index in [1.807, 2.05) is 31.2 Å². The van der Waals surface area contributed by atoms with Crippen LogP contribution in [0.1, 0.15) is 17.0 Å². The molecule has 136 valence electrons. The fourth-order valence-corrected chi connectivity index (χ4v) is 3.47. The van der Waals surface area contributed by atoms with Gasteiger partial charge in [0.15, 0.2) is 0 Å². The van der Waals surface area contributed by atoms with Crippen molar-refractivity contribution in [3.8, 4) is 17.1 Å². The third kappa shape index (κ3) is 3.86. The fourth-order valence-electron chi connectivity index (χ4n) is 2.62. The molecule has 2 heterocycles. The van der Waals surface area contributed by atoms with E-state index < -0.39 is 0 Å². The molecule has 4 aromatic rings. The number of rotatable bonds is 5. The Balaban J connectivity index is 1.50. The second-order valence-corrected chi connectivity index (χ2v) is 7.35. The summed E-state index contributed by atoms with van der Waals surface area (Å²) in [6, 6.07) is 13.4. The van der Waals surface area contributed by atoms with Crippen LogP contribution >= 0.6 is 23.4 Å². The van der Waals surface area contributed by atoms with E-state index in [0.717, 1.165) is 16.8 Å². The first-order valence-corrected chi connectivity index (χ1v) is 9.54. The highest BCUT2D eigenvalue weighted by Gasteiger charge is 2.14. The largest absolute Gasteiger partial charge is 0.338 e. The van der Waals surface area contributed by atoms with Crippen LogP contribution in [0, 0.1) is 13.8 Å². The number of aryl methyl sites for hydroxylation is 2.